The van der Waals surface area contributed by atoms with Crippen LogP contribution in [0.3, 0.4) is 0 Å². The SMILES string of the molecule is C[C@]12CCC(=O)C[C@@H]1CC[C@@H]1[C@@H]2CC[C@]2(C)[C@@H](OC(=O)c3ccc(-c4ccccn4)nc3)CC[C@@H]12. The molecule has 0 N–H and O–H groups in total. The van der Waals surface area contributed by atoms with Gasteiger partial charge in [-0.05, 0) is 98.3 Å². The Bertz CT molecular complexity index is 1120. The molecule has 6 rings (SSSR count). The Balaban J connectivity index is 1.16. The van der Waals surface area contributed by atoms with E-state index in [0.29, 0.717) is 40.4 Å². The third-order valence-corrected chi connectivity index (χ3v) is 10.6. The van der Waals surface area contributed by atoms with Gasteiger partial charge in [-0.15, -0.1) is 0 Å². The zero-order valence-electron chi connectivity index (χ0n) is 20.9. The van der Waals surface area contributed by atoms with E-state index in [4.69, 9.17) is 4.74 Å². The number of pyridine rings is 2. The van der Waals surface area contributed by atoms with E-state index in [0.717, 1.165) is 49.9 Å². The first kappa shape index (κ1) is 22.9. The molecule has 5 heteroatoms. The molecule has 0 spiro atoms. The predicted octanol–water partition coefficient (Wildman–Crippen LogP) is 6.28. The Hall–Kier alpha value is -2.56. The molecule has 4 aliphatic carbocycles. The molecule has 4 fully saturated rings. The number of esters is 1. The van der Waals surface area contributed by atoms with Crippen LogP contribution in [0, 0.1) is 34.5 Å². The monoisotopic (exact) mass is 472 g/mol. The molecule has 0 amide bonds. The van der Waals surface area contributed by atoms with E-state index in [1.165, 1.54) is 19.3 Å². The Labute approximate surface area is 208 Å². The predicted molar refractivity (Wildman–Crippen MR) is 133 cm³/mol. The summed E-state index contributed by atoms with van der Waals surface area (Å²) < 4.78 is 6.20. The van der Waals surface area contributed by atoms with Gasteiger partial charge in [-0.2, -0.15) is 0 Å². The van der Waals surface area contributed by atoms with Crippen LogP contribution in [-0.2, 0) is 9.53 Å². The maximum absolute atomic E-state index is 13.1. The van der Waals surface area contributed by atoms with Crippen LogP contribution in [-0.4, -0.2) is 27.8 Å². The van der Waals surface area contributed by atoms with E-state index in [1.54, 1.807) is 18.5 Å². The van der Waals surface area contributed by atoms with Gasteiger partial charge in [-0.1, -0.05) is 19.9 Å². The van der Waals surface area contributed by atoms with Crippen LogP contribution in [0.25, 0.3) is 11.4 Å². The van der Waals surface area contributed by atoms with Crippen LogP contribution in [0.4, 0.5) is 0 Å². The molecule has 0 aliphatic heterocycles. The zero-order valence-corrected chi connectivity index (χ0v) is 20.9. The molecule has 2 heterocycles. The Kier molecular flexibility index (Phi) is 5.58. The molecular weight excluding hydrogens is 436 g/mol. The third kappa shape index (κ3) is 3.73. The number of hydrogen-bond acceptors (Lipinski definition) is 5. The standard InChI is InChI=1S/C30H36N2O3/c1-29-14-12-21(33)17-20(29)7-8-22-23-9-11-27(30(23,2)15-13-24(22)29)35-28(34)19-6-10-26(32-18-19)25-5-3-4-16-31-25/h3-6,10,16,18,20,22-24,27H,7-9,11-15,17H2,1-2H3/t20-,22-,23-,24-,27-,29-,30-/m0/s1. The van der Waals surface area contributed by atoms with Gasteiger partial charge < -0.3 is 4.74 Å². The van der Waals surface area contributed by atoms with Crippen molar-refractivity contribution in [1.82, 2.24) is 9.97 Å². The Morgan fingerprint density at radius 3 is 2.51 bits per heavy atom. The van der Waals surface area contributed by atoms with Crippen molar-refractivity contribution in [1.29, 1.82) is 0 Å². The highest BCUT2D eigenvalue weighted by atomic mass is 16.5. The summed E-state index contributed by atoms with van der Waals surface area (Å²) in [6, 6.07) is 9.36. The lowest BCUT2D eigenvalue weighted by Gasteiger charge is -2.60. The van der Waals surface area contributed by atoms with Gasteiger partial charge in [0.15, 0.2) is 0 Å². The molecule has 0 saturated heterocycles. The minimum atomic E-state index is -0.263. The average Bonchev–Trinajstić information content (AvgIpc) is 3.21. The van der Waals surface area contributed by atoms with Gasteiger partial charge >= 0.3 is 5.97 Å². The van der Waals surface area contributed by atoms with Gasteiger partial charge in [0.05, 0.1) is 17.0 Å². The van der Waals surface area contributed by atoms with E-state index in [-0.39, 0.29) is 17.5 Å². The van der Waals surface area contributed by atoms with E-state index in [9.17, 15) is 9.59 Å². The second-order valence-electron chi connectivity index (χ2n) is 12.1. The van der Waals surface area contributed by atoms with Crippen molar-refractivity contribution in [2.75, 3.05) is 0 Å². The van der Waals surface area contributed by atoms with E-state index in [1.807, 2.05) is 24.3 Å². The van der Waals surface area contributed by atoms with Gasteiger partial charge in [0.1, 0.15) is 11.9 Å². The summed E-state index contributed by atoms with van der Waals surface area (Å²) >= 11 is 0. The molecule has 0 bridgehead atoms. The molecule has 184 valence electrons. The van der Waals surface area contributed by atoms with Crippen LogP contribution in [0.15, 0.2) is 42.7 Å². The van der Waals surface area contributed by atoms with Crippen molar-refractivity contribution < 1.29 is 14.3 Å². The Morgan fingerprint density at radius 1 is 0.914 bits per heavy atom. The fraction of sp³-hybridized carbons (Fsp3) is 0.600. The lowest BCUT2D eigenvalue weighted by Crippen LogP contribution is -2.54. The Morgan fingerprint density at radius 2 is 1.74 bits per heavy atom. The van der Waals surface area contributed by atoms with Crippen LogP contribution in [0.2, 0.25) is 0 Å². The number of fused-ring (bicyclic) bond motifs is 5. The first-order valence-electron chi connectivity index (χ1n) is 13.5. The van der Waals surface area contributed by atoms with Crippen molar-refractivity contribution >= 4 is 11.8 Å². The number of ketones is 1. The second kappa shape index (κ2) is 8.53. The molecule has 0 aromatic carbocycles. The van der Waals surface area contributed by atoms with Crippen molar-refractivity contribution in [2.45, 2.75) is 77.7 Å². The summed E-state index contributed by atoms with van der Waals surface area (Å²) in [5, 5.41) is 0. The maximum Gasteiger partial charge on any atom is 0.339 e. The molecular formula is C30H36N2O3. The summed E-state index contributed by atoms with van der Waals surface area (Å²) in [5.41, 5.74) is 2.41. The van der Waals surface area contributed by atoms with Gasteiger partial charge in [0.2, 0.25) is 0 Å². The summed E-state index contributed by atoms with van der Waals surface area (Å²) in [6.45, 7) is 4.86. The molecule has 7 atom stereocenters. The van der Waals surface area contributed by atoms with Gasteiger partial charge in [0, 0.05) is 30.7 Å². The summed E-state index contributed by atoms with van der Waals surface area (Å²) in [5.74, 6) is 2.81. The lowest BCUT2D eigenvalue weighted by molar-refractivity contribution is -0.142. The maximum atomic E-state index is 13.1. The first-order chi connectivity index (χ1) is 16.9. The summed E-state index contributed by atoms with van der Waals surface area (Å²) in [7, 11) is 0. The third-order valence-electron chi connectivity index (χ3n) is 10.6. The zero-order chi connectivity index (χ0) is 24.2. The van der Waals surface area contributed by atoms with E-state index < -0.39 is 0 Å². The minimum absolute atomic E-state index is 0.0325. The summed E-state index contributed by atoms with van der Waals surface area (Å²) in [4.78, 5) is 34.1. The highest BCUT2D eigenvalue weighted by molar-refractivity contribution is 5.89. The smallest absolute Gasteiger partial charge is 0.339 e. The first-order valence-corrected chi connectivity index (χ1v) is 13.5. The van der Waals surface area contributed by atoms with Crippen LogP contribution >= 0.6 is 0 Å². The number of hydrogen-bond donors (Lipinski definition) is 0. The molecule has 4 saturated carbocycles. The fourth-order valence-electron chi connectivity index (χ4n) is 8.57. The molecule has 35 heavy (non-hydrogen) atoms. The van der Waals surface area contributed by atoms with Crippen molar-refractivity contribution in [3.8, 4) is 11.4 Å². The fourth-order valence-corrected chi connectivity index (χ4v) is 8.57. The quantitative estimate of drug-likeness (QED) is 0.492. The molecule has 2 aromatic heterocycles. The second-order valence-corrected chi connectivity index (χ2v) is 12.1. The lowest BCUT2D eigenvalue weighted by atomic mass is 9.45. The largest absolute Gasteiger partial charge is 0.458 e. The van der Waals surface area contributed by atoms with Gasteiger partial charge in [-0.3, -0.25) is 14.8 Å². The molecule has 5 nitrogen and oxygen atoms in total. The normalized spacial score (nSPS) is 38.2. The van der Waals surface area contributed by atoms with Gasteiger partial charge in [0.25, 0.3) is 0 Å². The molecule has 2 aromatic rings. The van der Waals surface area contributed by atoms with Crippen LogP contribution in [0.5, 0.6) is 0 Å². The number of rotatable bonds is 3. The van der Waals surface area contributed by atoms with Crippen molar-refractivity contribution in [3.05, 3.63) is 48.3 Å². The van der Waals surface area contributed by atoms with Crippen LogP contribution in [0.1, 0.15) is 82.0 Å². The van der Waals surface area contributed by atoms with Crippen molar-refractivity contribution in [3.63, 3.8) is 0 Å². The topological polar surface area (TPSA) is 69.2 Å². The highest BCUT2D eigenvalue weighted by Gasteiger charge is 2.61. The number of carbonyl (C=O) groups excluding carboxylic acids is 2. The molecule has 0 radical (unpaired) electrons. The van der Waals surface area contributed by atoms with E-state index >= 15 is 0 Å². The average molecular weight is 473 g/mol. The number of nitrogens with zero attached hydrogens (tertiary/aromatic N) is 2. The summed E-state index contributed by atoms with van der Waals surface area (Å²) in [6.07, 6.45) is 12.8. The van der Waals surface area contributed by atoms with Gasteiger partial charge in [-0.25, -0.2) is 4.79 Å². The highest BCUT2D eigenvalue weighted by Crippen LogP contribution is 2.66. The number of Topliss-reactive ketones (excluding diaryl/α,β-unsaturated/α-hetero) is 1. The minimum Gasteiger partial charge on any atom is -0.458 e. The number of ether oxygens (including phenoxy) is 1. The number of aromatic nitrogens is 2. The van der Waals surface area contributed by atoms with Crippen LogP contribution < -0.4 is 0 Å². The van der Waals surface area contributed by atoms with E-state index in [2.05, 4.69) is 23.8 Å². The molecule has 0 unspecified atom stereocenters. The van der Waals surface area contributed by atoms with Crippen molar-refractivity contribution in [2.24, 2.45) is 34.5 Å². The molecule has 4 aliphatic rings. The number of carbonyl (C=O) groups is 2.